The van der Waals surface area contributed by atoms with Crippen molar-refractivity contribution in [2.75, 3.05) is 20.0 Å². The van der Waals surface area contributed by atoms with Crippen LogP contribution in [0, 0.1) is 11.3 Å². The minimum Gasteiger partial charge on any atom is -0.465 e. The smallest absolute Gasteiger partial charge is 0.357 e. The summed E-state index contributed by atoms with van der Waals surface area (Å²) >= 11 is 3.28. The van der Waals surface area contributed by atoms with Crippen molar-refractivity contribution in [1.29, 1.82) is 5.26 Å². The fourth-order valence-corrected chi connectivity index (χ4v) is 2.46. The normalized spacial score (nSPS) is 10.0. The number of ether oxygens (including phenoxy) is 2. The molecule has 0 atom stereocenters. The average Bonchev–Trinajstić information content (AvgIpc) is 2.89. The zero-order valence-corrected chi connectivity index (χ0v) is 13.9. The summed E-state index contributed by atoms with van der Waals surface area (Å²) in [6.07, 6.45) is 1.37. The van der Waals surface area contributed by atoms with Gasteiger partial charge < -0.3 is 19.8 Å². The van der Waals surface area contributed by atoms with Crippen molar-refractivity contribution < 1.29 is 19.1 Å². The molecule has 0 unspecified atom stereocenters. The molecule has 0 radical (unpaired) electrons. The highest BCUT2D eigenvalue weighted by Gasteiger charge is 2.24. The highest BCUT2D eigenvalue weighted by atomic mass is 79.9. The van der Waals surface area contributed by atoms with Crippen LogP contribution in [-0.2, 0) is 9.47 Å². The second-order valence-electron chi connectivity index (χ2n) is 4.43. The number of esters is 2. The fourth-order valence-electron chi connectivity index (χ4n) is 2.10. The first-order valence-corrected chi connectivity index (χ1v) is 7.11. The molecule has 118 valence electrons. The number of nitriles is 1. The predicted octanol–water partition coefficient (Wildman–Crippen LogP) is 2.27. The molecular formula is C15H12BrN3O4. The summed E-state index contributed by atoms with van der Waals surface area (Å²) in [6.45, 7) is 0. The Morgan fingerprint density at radius 3 is 2.48 bits per heavy atom. The number of nitrogen functional groups attached to an aromatic ring is 1. The Balaban J connectivity index is 2.80. The van der Waals surface area contributed by atoms with Crippen molar-refractivity contribution in [1.82, 2.24) is 4.57 Å². The van der Waals surface area contributed by atoms with Gasteiger partial charge >= 0.3 is 11.9 Å². The lowest BCUT2D eigenvalue weighted by atomic mass is 10.1. The molecule has 2 N–H and O–H groups in total. The van der Waals surface area contributed by atoms with Crippen LogP contribution in [0.5, 0.6) is 0 Å². The zero-order valence-electron chi connectivity index (χ0n) is 12.3. The van der Waals surface area contributed by atoms with Crippen molar-refractivity contribution >= 4 is 33.6 Å². The second-order valence-corrected chi connectivity index (χ2v) is 5.35. The molecule has 1 heterocycles. The topological polar surface area (TPSA) is 107 Å². The number of methoxy groups -OCH3 is 2. The minimum absolute atomic E-state index is 0.0157. The van der Waals surface area contributed by atoms with E-state index in [-0.39, 0.29) is 22.5 Å². The molecule has 0 saturated heterocycles. The van der Waals surface area contributed by atoms with E-state index in [2.05, 4.69) is 15.9 Å². The van der Waals surface area contributed by atoms with Crippen LogP contribution in [0.1, 0.15) is 26.4 Å². The van der Waals surface area contributed by atoms with E-state index in [4.69, 9.17) is 20.5 Å². The molecule has 1 aromatic heterocycles. The number of carbonyl (C=O) groups excluding carboxylic acids is 2. The third-order valence-electron chi connectivity index (χ3n) is 3.17. The molecule has 8 heteroatoms. The molecule has 0 amide bonds. The number of carbonyl (C=O) groups is 2. The lowest BCUT2D eigenvalue weighted by molar-refractivity contribution is 0.0582. The fraction of sp³-hybridized carbons (Fsp3) is 0.133. The van der Waals surface area contributed by atoms with Crippen molar-refractivity contribution in [3.8, 4) is 11.8 Å². The summed E-state index contributed by atoms with van der Waals surface area (Å²) < 4.78 is 11.5. The summed E-state index contributed by atoms with van der Waals surface area (Å²) in [6, 6.07) is 6.73. The van der Waals surface area contributed by atoms with Gasteiger partial charge in [0.25, 0.3) is 0 Å². The quantitative estimate of drug-likeness (QED) is 0.821. The van der Waals surface area contributed by atoms with Gasteiger partial charge in [-0.15, -0.1) is 0 Å². The van der Waals surface area contributed by atoms with E-state index in [0.29, 0.717) is 10.2 Å². The second kappa shape index (κ2) is 6.54. The van der Waals surface area contributed by atoms with E-state index in [1.54, 1.807) is 18.2 Å². The molecule has 0 aliphatic carbocycles. The van der Waals surface area contributed by atoms with Crippen molar-refractivity contribution in [3.63, 3.8) is 0 Å². The molecule has 0 fully saturated rings. The van der Waals surface area contributed by atoms with Gasteiger partial charge in [-0.2, -0.15) is 5.26 Å². The van der Waals surface area contributed by atoms with E-state index in [1.807, 2.05) is 6.07 Å². The van der Waals surface area contributed by atoms with Crippen LogP contribution in [0.2, 0.25) is 0 Å². The Morgan fingerprint density at radius 1 is 1.26 bits per heavy atom. The van der Waals surface area contributed by atoms with Crippen molar-refractivity contribution in [3.05, 3.63) is 45.7 Å². The van der Waals surface area contributed by atoms with Gasteiger partial charge in [-0.1, -0.05) is 15.9 Å². The highest BCUT2D eigenvalue weighted by Crippen LogP contribution is 2.28. The molecule has 2 aromatic rings. The number of benzene rings is 1. The van der Waals surface area contributed by atoms with Crippen molar-refractivity contribution in [2.24, 2.45) is 0 Å². The summed E-state index contributed by atoms with van der Waals surface area (Å²) in [7, 11) is 2.45. The van der Waals surface area contributed by atoms with Gasteiger partial charge in [-0.05, 0) is 18.2 Å². The van der Waals surface area contributed by atoms with Crippen LogP contribution in [0.4, 0.5) is 5.69 Å². The number of nitrogens with zero attached hydrogens (tertiary/aromatic N) is 2. The van der Waals surface area contributed by atoms with E-state index >= 15 is 0 Å². The Morgan fingerprint density at radius 2 is 1.91 bits per heavy atom. The van der Waals surface area contributed by atoms with Gasteiger partial charge in [0.05, 0.1) is 36.7 Å². The molecule has 0 aliphatic heterocycles. The maximum Gasteiger partial charge on any atom is 0.357 e. The lowest BCUT2D eigenvalue weighted by Gasteiger charge is -2.12. The third-order valence-corrected chi connectivity index (χ3v) is 3.66. The molecule has 23 heavy (non-hydrogen) atoms. The Labute approximate surface area is 140 Å². The third kappa shape index (κ3) is 2.91. The van der Waals surface area contributed by atoms with Crippen LogP contribution >= 0.6 is 15.9 Å². The van der Waals surface area contributed by atoms with E-state index in [0.717, 1.165) is 0 Å². The molecule has 0 aliphatic rings. The number of nitrogens with two attached hydrogens (primary N) is 1. The van der Waals surface area contributed by atoms with Gasteiger partial charge in [0.2, 0.25) is 0 Å². The summed E-state index contributed by atoms with van der Waals surface area (Å²) in [4.78, 5) is 24.0. The lowest BCUT2D eigenvalue weighted by Crippen LogP contribution is -2.14. The summed E-state index contributed by atoms with van der Waals surface area (Å²) in [5, 5.41) is 9.13. The van der Waals surface area contributed by atoms with E-state index < -0.39 is 11.9 Å². The predicted molar refractivity (Wildman–Crippen MR) is 85.3 cm³/mol. The number of rotatable bonds is 3. The average molecular weight is 378 g/mol. The van der Waals surface area contributed by atoms with Crippen molar-refractivity contribution in [2.45, 2.75) is 0 Å². The largest absolute Gasteiger partial charge is 0.465 e. The highest BCUT2D eigenvalue weighted by molar-refractivity contribution is 9.10. The minimum atomic E-state index is -0.720. The Hall–Kier alpha value is -2.79. The first-order chi connectivity index (χ1) is 10.9. The maximum absolute atomic E-state index is 12.0. The standard InChI is InChI=1S/C15H12BrN3O4/c1-22-14(20)10-5-9(16)3-4-11(10)19-7-8(6-17)12(18)13(19)15(21)23-2/h3-5,7H,18H2,1-2H3. The van der Waals surface area contributed by atoms with Crippen LogP contribution < -0.4 is 5.73 Å². The van der Waals surface area contributed by atoms with E-state index in [1.165, 1.54) is 25.0 Å². The maximum atomic E-state index is 12.0. The van der Waals surface area contributed by atoms with Gasteiger partial charge in [0.15, 0.2) is 5.69 Å². The molecule has 0 spiro atoms. The van der Waals surface area contributed by atoms with Gasteiger partial charge in [-0.25, -0.2) is 9.59 Å². The number of halogens is 1. The first kappa shape index (κ1) is 16.6. The molecule has 1 aromatic carbocycles. The Kier molecular flexibility index (Phi) is 4.71. The summed E-state index contributed by atoms with van der Waals surface area (Å²) in [5.41, 5.74) is 6.44. The van der Waals surface area contributed by atoms with Crippen LogP contribution in [0.3, 0.4) is 0 Å². The number of hydrogen-bond acceptors (Lipinski definition) is 6. The number of anilines is 1. The Bertz CT molecular complexity index is 836. The SMILES string of the molecule is COC(=O)c1cc(Br)ccc1-n1cc(C#N)c(N)c1C(=O)OC. The number of aromatic nitrogens is 1. The summed E-state index contributed by atoms with van der Waals surface area (Å²) in [5.74, 6) is -1.31. The zero-order chi connectivity index (χ0) is 17.1. The van der Waals surface area contributed by atoms with Gasteiger partial charge in [0, 0.05) is 10.7 Å². The molecule has 7 nitrogen and oxygen atoms in total. The van der Waals surface area contributed by atoms with Gasteiger partial charge in [0.1, 0.15) is 6.07 Å². The molecule has 0 saturated carbocycles. The first-order valence-electron chi connectivity index (χ1n) is 6.32. The molecular weight excluding hydrogens is 366 g/mol. The van der Waals surface area contributed by atoms with Gasteiger partial charge in [-0.3, -0.25) is 0 Å². The van der Waals surface area contributed by atoms with Crippen LogP contribution in [0.25, 0.3) is 5.69 Å². The number of hydrogen-bond donors (Lipinski definition) is 1. The molecule has 0 bridgehead atoms. The molecule has 2 rings (SSSR count). The van der Waals surface area contributed by atoms with Crippen LogP contribution in [0.15, 0.2) is 28.9 Å². The van der Waals surface area contributed by atoms with Crippen LogP contribution in [-0.4, -0.2) is 30.7 Å². The monoisotopic (exact) mass is 377 g/mol. The van der Waals surface area contributed by atoms with E-state index in [9.17, 15) is 9.59 Å².